The first kappa shape index (κ1) is 16.6. The van der Waals surface area contributed by atoms with Crippen molar-refractivity contribution in [3.8, 4) is 5.75 Å². The Kier molecular flexibility index (Phi) is 5.04. The van der Waals surface area contributed by atoms with Gasteiger partial charge in [-0.1, -0.05) is 18.2 Å². The van der Waals surface area contributed by atoms with Gasteiger partial charge in [0.1, 0.15) is 5.75 Å². The van der Waals surface area contributed by atoms with Crippen molar-refractivity contribution in [1.82, 2.24) is 4.98 Å². The van der Waals surface area contributed by atoms with Crippen LogP contribution in [0.4, 0.5) is 5.69 Å². The maximum absolute atomic E-state index is 12.0. The number of carbonyl (C=O) groups is 1. The van der Waals surface area contributed by atoms with Gasteiger partial charge < -0.3 is 19.8 Å². The Labute approximate surface area is 146 Å². The van der Waals surface area contributed by atoms with E-state index in [1.165, 1.54) is 6.08 Å². The molecule has 3 rings (SSSR count). The van der Waals surface area contributed by atoms with Crippen molar-refractivity contribution in [1.29, 1.82) is 0 Å². The van der Waals surface area contributed by atoms with Crippen LogP contribution >= 0.6 is 0 Å². The number of ether oxygens (including phenoxy) is 2. The van der Waals surface area contributed by atoms with Gasteiger partial charge in [-0.15, -0.1) is 0 Å². The molecule has 1 heterocycles. The van der Waals surface area contributed by atoms with E-state index in [1.807, 2.05) is 54.7 Å². The van der Waals surface area contributed by atoms with Gasteiger partial charge in [-0.2, -0.15) is 0 Å². The summed E-state index contributed by atoms with van der Waals surface area (Å²) in [6, 6.07) is 15.4. The van der Waals surface area contributed by atoms with E-state index in [0.29, 0.717) is 18.1 Å². The Hall–Kier alpha value is -3.21. The van der Waals surface area contributed by atoms with Gasteiger partial charge in [-0.25, -0.2) is 4.79 Å². The molecule has 0 spiro atoms. The van der Waals surface area contributed by atoms with Gasteiger partial charge in [0.2, 0.25) is 0 Å². The zero-order valence-corrected chi connectivity index (χ0v) is 14.2. The third-order valence-electron chi connectivity index (χ3n) is 3.79. The van der Waals surface area contributed by atoms with Crippen molar-refractivity contribution in [3.63, 3.8) is 0 Å². The van der Waals surface area contributed by atoms with E-state index in [-0.39, 0.29) is 0 Å². The second kappa shape index (κ2) is 7.57. The van der Waals surface area contributed by atoms with Crippen LogP contribution in [0.15, 0.2) is 60.8 Å². The van der Waals surface area contributed by atoms with Crippen LogP contribution in [0.1, 0.15) is 12.5 Å². The molecule has 0 bridgehead atoms. The molecule has 3 aromatic rings. The summed E-state index contributed by atoms with van der Waals surface area (Å²) in [5.41, 5.74) is 3.40. The molecule has 0 fully saturated rings. The predicted octanol–water partition coefficient (Wildman–Crippen LogP) is 4.19. The van der Waals surface area contributed by atoms with E-state index in [1.54, 1.807) is 14.0 Å². The predicted molar refractivity (Wildman–Crippen MR) is 99.5 cm³/mol. The van der Waals surface area contributed by atoms with Gasteiger partial charge in [0, 0.05) is 34.4 Å². The first-order valence-electron chi connectivity index (χ1n) is 8.07. The Morgan fingerprint density at radius 2 is 2.04 bits per heavy atom. The highest BCUT2D eigenvalue weighted by atomic mass is 16.5. The number of nitrogens with one attached hydrogen (secondary N) is 2. The summed E-state index contributed by atoms with van der Waals surface area (Å²) >= 11 is 0. The van der Waals surface area contributed by atoms with Crippen LogP contribution in [-0.4, -0.2) is 24.7 Å². The number of H-pyrrole nitrogens is 1. The van der Waals surface area contributed by atoms with E-state index in [4.69, 9.17) is 9.47 Å². The number of fused-ring (bicyclic) bond motifs is 1. The summed E-state index contributed by atoms with van der Waals surface area (Å²) in [5, 5.41) is 4.39. The highest BCUT2D eigenvalue weighted by Gasteiger charge is 2.10. The molecule has 2 aromatic carbocycles. The summed E-state index contributed by atoms with van der Waals surface area (Å²) in [6.07, 6.45) is 3.35. The molecule has 0 aliphatic heterocycles. The van der Waals surface area contributed by atoms with E-state index < -0.39 is 5.97 Å². The van der Waals surface area contributed by atoms with Crippen molar-refractivity contribution in [2.75, 3.05) is 19.0 Å². The van der Waals surface area contributed by atoms with E-state index in [2.05, 4.69) is 10.3 Å². The highest BCUT2D eigenvalue weighted by Crippen LogP contribution is 2.27. The Morgan fingerprint density at radius 1 is 1.20 bits per heavy atom. The number of benzene rings is 2. The topological polar surface area (TPSA) is 63.3 Å². The quantitative estimate of drug-likeness (QED) is 0.523. The maximum atomic E-state index is 12.0. The minimum absolute atomic E-state index is 0.327. The lowest BCUT2D eigenvalue weighted by Gasteiger charge is -2.13. The number of rotatable bonds is 6. The minimum Gasteiger partial charge on any atom is -0.497 e. The number of esters is 1. The summed E-state index contributed by atoms with van der Waals surface area (Å²) in [4.78, 5) is 15.2. The molecule has 0 aliphatic carbocycles. The molecule has 0 aliphatic rings. The number of anilines is 1. The fourth-order valence-corrected chi connectivity index (χ4v) is 2.62. The smallest absolute Gasteiger partial charge is 0.332 e. The molecule has 0 saturated carbocycles. The van der Waals surface area contributed by atoms with E-state index in [0.717, 1.165) is 22.2 Å². The molecule has 0 atom stereocenters. The van der Waals surface area contributed by atoms with Gasteiger partial charge in [0.25, 0.3) is 0 Å². The molecule has 128 valence electrons. The fraction of sp³-hybridized carbons (Fsp3) is 0.150. The lowest BCUT2D eigenvalue weighted by molar-refractivity contribution is -0.137. The molecule has 25 heavy (non-hydrogen) atoms. The molecule has 0 radical (unpaired) electrons. The van der Waals surface area contributed by atoms with E-state index in [9.17, 15) is 4.79 Å². The molecular weight excluding hydrogens is 316 g/mol. The van der Waals surface area contributed by atoms with Gasteiger partial charge in [-0.05, 0) is 37.3 Å². The molecule has 0 saturated heterocycles. The molecule has 0 unspecified atom stereocenters. The maximum Gasteiger partial charge on any atom is 0.332 e. The summed E-state index contributed by atoms with van der Waals surface area (Å²) < 4.78 is 10.4. The first-order chi connectivity index (χ1) is 12.2. The van der Waals surface area contributed by atoms with Crippen LogP contribution in [0.2, 0.25) is 0 Å². The average Bonchev–Trinajstić information content (AvgIpc) is 3.11. The van der Waals surface area contributed by atoms with Gasteiger partial charge in [-0.3, -0.25) is 0 Å². The highest BCUT2D eigenvalue weighted by molar-refractivity contribution is 5.99. The van der Waals surface area contributed by atoms with Gasteiger partial charge >= 0.3 is 5.97 Å². The second-order valence-corrected chi connectivity index (χ2v) is 5.41. The van der Waals surface area contributed by atoms with Crippen LogP contribution in [0.3, 0.4) is 0 Å². The standard InChI is InChI=1S/C20H20N2O3/c1-3-25-20(23)13-19(14-6-4-7-15(12-14)24-2)22-18-9-5-8-17-16(18)10-11-21-17/h4-13,21-22H,3H2,1-2H3/b19-13+. The Morgan fingerprint density at radius 3 is 2.84 bits per heavy atom. The number of hydrogen-bond donors (Lipinski definition) is 2. The molecular formula is C20H20N2O3. The lowest BCUT2D eigenvalue weighted by atomic mass is 10.1. The molecule has 5 nitrogen and oxygen atoms in total. The Bertz CT molecular complexity index is 912. The monoisotopic (exact) mass is 336 g/mol. The number of hydrogen-bond acceptors (Lipinski definition) is 4. The Balaban J connectivity index is 2.01. The second-order valence-electron chi connectivity index (χ2n) is 5.41. The van der Waals surface area contributed by atoms with Crippen molar-refractivity contribution < 1.29 is 14.3 Å². The minimum atomic E-state index is -0.394. The summed E-state index contributed by atoms with van der Waals surface area (Å²) in [6.45, 7) is 2.11. The van der Waals surface area contributed by atoms with Crippen molar-refractivity contribution in [2.24, 2.45) is 0 Å². The van der Waals surface area contributed by atoms with Crippen molar-refractivity contribution >= 4 is 28.3 Å². The average molecular weight is 336 g/mol. The number of aromatic amines is 1. The van der Waals surface area contributed by atoms with Crippen LogP contribution in [0.5, 0.6) is 5.75 Å². The zero-order chi connectivity index (χ0) is 17.6. The molecule has 0 amide bonds. The van der Waals surface area contributed by atoms with Crippen LogP contribution in [-0.2, 0) is 9.53 Å². The van der Waals surface area contributed by atoms with Gasteiger partial charge in [0.05, 0.1) is 19.4 Å². The number of carbonyl (C=O) groups excluding carboxylic acids is 1. The first-order valence-corrected chi connectivity index (χ1v) is 8.07. The lowest BCUT2D eigenvalue weighted by Crippen LogP contribution is -2.06. The normalized spacial score (nSPS) is 11.4. The molecule has 2 N–H and O–H groups in total. The molecule has 5 heteroatoms. The number of methoxy groups -OCH3 is 1. The van der Waals surface area contributed by atoms with Gasteiger partial charge in [0.15, 0.2) is 0 Å². The zero-order valence-electron chi connectivity index (χ0n) is 14.2. The SMILES string of the molecule is CCOC(=O)/C=C(/Nc1cccc2[nH]ccc12)c1cccc(OC)c1. The third-order valence-corrected chi connectivity index (χ3v) is 3.79. The van der Waals surface area contributed by atoms with Crippen molar-refractivity contribution in [2.45, 2.75) is 6.92 Å². The summed E-state index contributed by atoms with van der Waals surface area (Å²) in [7, 11) is 1.61. The number of aromatic nitrogens is 1. The fourth-order valence-electron chi connectivity index (χ4n) is 2.62. The molecule has 1 aromatic heterocycles. The third kappa shape index (κ3) is 3.83. The van der Waals surface area contributed by atoms with Crippen molar-refractivity contribution in [3.05, 3.63) is 66.4 Å². The van der Waals surface area contributed by atoms with Crippen LogP contribution in [0, 0.1) is 0 Å². The largest absolute Gasteiger partial charge is 0.497 e. The van der Waals surface area contributed by atoms with Crippen LogP contribution in [0.25, 0.3) is 16.6 Å². The van der Waals surface area contributed by atoms with Crippen LogP contribution < -0.4 is 10.1 Å². The summed E-state index contributed by atoms with van der Waals surface area (Å²) in [5.74, 6) is 0.322. The van der Waals surface area contributed by atoms with E-state index >= 15 is 0 Å².